The summed E-state index contributed by atoms with van der Waals surface area (Å²) < 4.78 is 0. The standard InChI is InChI=1S/C12H21NO2/c1-12(6-3-2-4-7-12)11(15)13-8-5-10(14)9-13/h10,14H,2-9H2,1H3/t10-/m0/s1. The molecule has 1 N–H and O–H groups in total. The van der Waals surface area contributed by atoms with Crippen LogP contribution in [0, 0.1) is 5.41 Å². The van der Waals surface area contributed by atoms with Gasteiger partial charge < -0.3 is 10.0 Å². The SMILES string of the molecule is CC1(C(=O)N2CC[C@H](O)C2)CCCCC1. The van der Waals surface area contributed by atoms with Crippen molar-refractivity contribution in [1.29, 1.82) is 0 Å². The quantitative estimate of drug-likeness (QED) is 0.715. The molecule has 0 aromatic heterocycles. The molecule has 1 amide bonds. The number of likely N-dealkylation sites (tertiary alicyclic amines) is 1. The molecule has 0 bridgehead atoms. The molecule has 1 saturated heterocycles. The first-order valence-electron chi connectivity index (χ1n) is 6.09. The monoisotopic (exact) mass is 211 g/mol. The second-order valence-electron chi connectivity index (χ2n) is 5.31. The van der Waals surface area contributed by atoms with Gasteiger partial charge in [0.05, 0.1) is 6.10 Å². The van der Waals surface area contributed by atoms with Crippen LogP contribution in [-0.2, 0) is 4.79 Å². The fourth-order valence-electron chi connectivity index (χ4n) is 2.85. The Kier molecular flexibility index (Phi) is 3.01. The lowest BCUT2D eigenvalue weighted by Gasteiger charge is -2.35. The maximum absolute atomic E-state index is 12.3. The predicted octanol–water partition coefficient (Wildman–Crippen LogP) is 1.55. The van der Waals surface area contributed by atoms with Crippen LogP contribution in [0.3, 0.4) is 0 Å². The van der Waals surface area contributed by atoms with Crippen molar-refractivity contribution in [1.82, 2.24) is 4.90 Å². The van der Waals surface area contributed by atoms with Crippen LogP contribution in [0.15, 0.2) is 0 Å². The van der Waals surface area contributed by atoms with E-state index in [1.54, 1.807) is 0 Å². The molecule has 0 aromatic carbocycles. The van der Waals surface area contributed by atoms with Gasteiger partial charge in [0.2, 0.25) is 5.91 Å². The summed E-state index contributed by atoms with van der Waals surface area (Å²) in [4.78, 5) is 14.1. The molecule has 1 aliphatic carbocycles. The molecule has 2 aliphatic rings. The van der Waals surface area contributed by atoms with Gasteiger partial charge in [0.1, 0.15) is 0 Å². The summed E-state index contributed by atoms with van der Waals surface area (Å²) >= 11 is 0. The van der Waals surface area contributed by atoms with E-state index in [2.05, 4.69) is 6.92 Å². The number of hydrogen-bond donors (Lipinski definition) is 1. The molecule has 1 saturated carbocycles. The van der Waals surface area contributed by atoms with E-state index in [0.29, 0.717) is 6.54 Å². The number of rotatable bonds is 1. The second-order valence-corrected chi connectivity index (χ2v) is 5.31. The second kappa shape index (κ2) is 4.12. The molecule has 1 heterocycles. The van der Waals surface area contributed by atoms with Crippen LogP contribution < -0.4 is 0 Å². The minimum atomic E-state index is -0.291. The van der Waals surface area contributed by atoms with Gasteiger partial charge in [-0.05, 0) is 19.3 Å². The highest BCUT2D eigenvalue weighted by Gasteiger charge is 2.39. The third-order valence-electron chi connectivity index (χ3n) is 3.92. The van der Waals surface area contributed by atoms with Crippen LogP contribution >= 0.6 is 0 Å². The first kappa shape index (κ1) is 10.9. The predicted molar refractivity (Wildman–Crippen MR) is 58.4 cm³/mol. The highest BCUT2D eigenvalue weighted by molar-refractivity contribution is 5.82. The first-order chi connectivity index (χ1) is 7.12. The maximum Gasteiger partial charge on any atom is 0.228 e. The average Bonchev–Trinajstić information content (AvgIpc) is 2.65. The van der Waals surface area contributed by atoms with Crippen LogP contribution in [0.25, 0.3) is 0 Å². The van der Waals surface area contributed by atoms with Crippen molar-refractivity contribution < 1.29 is 9.90 Å². The lowest BCUT2D eigenvalue weighted by Crippen LogP contribution is -2.42. The van der Waals surface area contributed by atoms with Gasteiger partial charge in [-0.1, -0.05) is 26.2 Å². The Balaban J connectivity index is 1.99. The van der Waals surface area contributed by atoms with E-state index in [9.17, 15) is 9.90 Å². The number of aliphatic hydroxyl groups excluding tert-OH is 1. The van der Waals surface area contributed by atoms with E-state index in [0.717, 1.165) is 25.8 Å². The normalized spacial score (nSPS) is 30.5. The topological polar surface area (TPSA) is 40.5 Å². The van der Waals surface area contributed by atoms with E-state index in [-0.39, 0.29) is 17.4 Å². The van der Waals surface area contributed by atoms with Crippen molar-refractivity contribution in [2.24, 2.45) is 5.41 Å². The molecule has 86 valence electrons. The zero-order chi connectivity index (χ0) is 10.9. The van der Waals surface area contributed by atoms with Gasteiger partial charge in [-0.25, -0.2) is 0 Å². The van der Waals surface area contributed by atoms with Crippen LogP contribution in [0.5, 0.6) is 0 Å². The Labute approximate surface area is 91.5 Å². The zero-order valence-electron chi connectivity index (χ0n) is 9.54. The summed E-state index contributed by atoms with van der Waals surface area (Å²) in [5.41, 5.74) is -0.137. The van der Waals surface area contributed by atoms with Crippen LogP contribution in [0.2, 0.25) is 0 Å². The number of carbonyl (C=O) groups excluding carboxylic acids is 1. The minimum Gasteiger partial charge on any atom is -0.391 e. The molecule has 3 heteroatoms. The highest BCUT2D eigenvalue weighted by atomic mass is 16.3. The van der Waals surface area contributed by atoms with E-state index in [4.69, 9.17) is 0 Å². The Morgan fingerprint density at radius 1 is 1.33 bits per heavy atom. The summed E-state index contributed by atoms with van der Waals surface area (Å²) in [6.07, 6.45) is 6.14. The lowest BCUT2D eigenvalue weighted by molar-refractivity contribution is -0.142. The van der Waals surface area contributed by atoms with Crippen molar-refractivity contribution >= 4 is 5.91 Å². The maximum atomic E-state index is 12.3. The molecule has 1 aliphatic heterocycles. The largest absolute Gasteiger partial charge is 0.391 e. The van der Waals surface area contributed by atoms with Gasteiger partial charge in [-0.15, -0.1) is 0 Å². The van der Waals surface area contributed by atoms with Crippen molar-refractivity contribution in [3.63, 3.8) is 0 Å². The molecule has 1 atom stereocenters. The summed E-state index contributed by atoms with van der Waals surface area (Å²) in [5, 5.41) is 9.44. The Bertz CT molecular complexity index is 246. The van der Waals surface area contributed by atoms with Crippen LogP contribution in [-0.4, -0.2) is 35.1 Å². The van der Waals surface area contributed by atoms with Crippen molar-refractivity contribution in [3.05, 3.63) is 0 Å². The third-order valence-corrected chi connectivity index (χ3v) is 3.92. The first-order valence-corrected chi connectivity index (χ1v) is 6.09. The Morgan fingerprint density at radius 2 is 2.00 bits per heavy atom. The third kappa shape index (κ3) is 2.17. The van der Waals surface area contributed by atoms with Crippen LogP contribution in [0.1, 0.15) is 45.4 Å². The molecule has 2 fully saturated rings. The number of nitrogens with zero attached hydrogens (tertiary/aromatic N) is 1. The van der Waals surface area contributed by atoms with Gasteiger partial charge >= 0.3 is 0 Å². The van der Waals surface area contributed by atoms with Gasteiger partial charge in [0.25, 0.3) is 0 Å². The van der Waals surface area contributed by atoms with E-state index in [1.165, 1.54) is 19.3 Å². The fraction of sp³-hybridized carbons (Fsp3) is 0.917. The van der Waals surface area contributed by atoms with Crippen molar-refractivity contribution in [2.45, 2.75) is 51.6 Å². The Hall–Kier alpha value is -0.570. The molecule has 15 heavy (non-hydrogen) atoms. The molecule has 0 radical (unpaired) electrons. The molecule has 0 unspecified atom stereocenters. The average molecular weight is 211 g/mol. The number of hydrogen-bond acceptors (Lipinski definition) is 2. The summed E-state index contributed by atoms with van der Waals surface area (Å²) in [7, 11) is 0. The number of β-amino-alcohol motifs (C(OH)–C–C–N with tert-alkyl or cyclic N) is 1. The van der Waals surface area contributed by atoms with Gasteiger partial charge in [-0.2, -0.15) is 0 Å². The van der Waals surface area contributed by atoms with Gasteiger partial charge in [0, 0.05) is 18.5 Å². The van der Waals surface area contributed by atoms with E-state index >= 15 is 0 Å². The van der Waals surface area contributed by atoms with Gasteiger partial charge in [0.15, 0.2) is 0 Å². The number of carbonyl (C=O) groups is 1. The minimum absolute atomic E-state index is 0.137. The number of aliphatic hydroxyl groups is 1. The molecular weight excluding hydrogens is 190 g/mol. The number of amides is 1. The molecule has 0 aromatic rings. The van der Waals surface area contributed by atoms with Crippen LogP contribution in [0.4, 0.5) is 0 Å². The van der Waals surface area contributed by atoms with E-state index < -0.39 is 0 Å². The fourth-order valence-corrected chi connectivity index (χ4v) is 2.85. The zero-order valence-corrected chi connectivity index (χ0v) is 9.54. The summed E-state index contributed by atoms with van der Waals surface area (Å²) in [6.45, 7) is 3.39. The molecular formula is C12H21NO2. The lowest BCUT2D eigenvalue weighted by atomic mass is 9.75. The highest BCUT2D eigenvalue weighted by Crippen LogP contribution is 2.38. The Morgan fingerprint density at radius 3 is 2.53 bits per heavy atom. The summed E-state index contributed by atoms with van der Waals surface area (Å²) in [6, 6.07) is 0. The molecule has 2 rings (SSSR count). The molecule has 3 nitrogen and oxygen atoms in total. The van der Waals surface area contributed by atoms with Crippen molar-refractivity contribution in [2.75, 3.05) is 13.1 Å². The summed E-state index contributed by atoms with van der Waals surface area (Å²) in [5.74, 6) is 0.277. The van der Waals surface area contributed by atoms with Gasteiger partial charge in [-0.3, -0.25) is 4.79 Å². The van der Waals surface area contributed by atoms with Crippen molar-refractivity contribution in [3.8, 4) is 0 Å². The van der Waals surface area contributed by atoms with E-state index in [1.807, 2.05) is 4.90 Å². The molecule has 0 spiro atoms. The smallest absolute Gasteiger partial charge is 0.228 e.